The number of carbonyl (C=O) groups excluding carboxylic acids is 1. The van der Waals surface area contributed by atoms with E-state index in [9.17, 15) is 4.79 Å². The lowest BCUT2D eigenvalue weighted by Crippen LogP contribution is -2.22. The van der Waals surface area contributed by atoms with Crippen LogP contribution in [-0.2, 0) is 4.74 Å². The molecular weight excluding hydrogens is 334 g/mol. The first-order chi connectivity index (χ1) is 12.7. The highest BCUT2D eigenvalue weighted by molar-refractivity contribution is 6.00. The maximum absolute atomic E-state index is 12.2. The summed E-state index contributed by atoms with van der Waals surface area (Å²) in [5.41, 5.74) is 2.51. The molecule has 2 aliphatic heterocycles. The van der Waals surface area contributed by atoms with Crippen LogP contribution in [-0.4, -0.2) is 39.1 Å². The highest BCUT2D eigenvalue weighted by Crippen LogP contribution is 2.34. The van der Waals surface area contributed by atoms with E-state index in [0.717, 1.165) is 30.9 Å². The molecular formula is C19H21N3O4. The average Bonchev–Trinajstić information content (AvgIpc) is 3.31. The van der Waals surface area contributed by atoms with Gasteiger partial charge in [0, 0.05) is 43.3 Å². The zero-order valence-corrected chi connectivity index (χ0v) is 14.5. The first-order valence-electron chi connectivity index (χ1n) is 8.57. The number of anilines is 3. The highest BCUT2D eigenvalue weighted by atomic mass is 16.7. The largest absolute Gasteiger partial charge is 0.454 e. The van der Waals surface area contributed by atoms with E-state index in [0.29, 0.717) is 23.3 Å². The van der Waals surface area contributed by atoms with Crippen LogP contribution in [0.25, 0.3) is 0 Å². The number of amides is 2. The SMILES string of the molecule is COC1CCN(c2ccc(NC(=O)Nc3ccc4c(c3)OCO4)cc2)C1. The summed E-state index contributed by atoms with van der Waals surface area (Å²) in [4.78, 5) is 14.5. The average molecular weight is 355 g/mol. The second-order valence-corrected chi connectivity index (χ2v) is 6.29. The molecule has 26 heavy (non-hydrogen) atoms. The fraction of sp³-hybridized carbons (Fsp3) is 0.316. The number of rotatable bonds is 4. The lowest BCUT2D eigenvalue weighted by Gasteiger charge is -2.18. The molecule has 0 aliphatic carbocycles. The Morgan fingerprint density at radius 2 is 1.81 bits per heavy atom. The third-order valence-corrected chi connectivity index (χ3v) is 4.60. The fourth-order valence-corrected chi connectivity index (χ4v) is 3.18. The Labute approximate surface area is 151 Å². The lowest BCUT2D eigenvalue weighted by molar-refractivity contribution is 0.121. The number of nitrogens with one attached hydrogen (secondary N) is 2. The van der Waals surface area contributed by atoms with Crippen LogP contribution < -0.4 is 25.0 Å². The van der Waals surface area contributed by atoms with Gasteiger partial charge in [-0.3, -0.25) is 0 Å². The molecule has 2 aromatic rings. The Kier molecular flexibility index (Phi) is 4.53. The van der Waals surface area contributed by atoms with Gasteiger partial charge in [-0.2, -0.15) is 0 Å². The predicted octanol–water partition coefficient (Wildman–Crippen LogP) is 3.28. The van der Waals surface area contributed by atoms with Crippen molar-refractivity contribution < 1.29 is 19.0 Å². The summed E-state index contributed by atoms with van der Waals surface area (Å²) in [5.74, 6) is 1.32. The van der Waals surface area contributed by atoms with Gasteiger partial charge in [0.25, 0.3) is 0 Å². The molecule has 1 saturated heterocycles. The molecule has 0 spiro atoms. The van der Waals surface area contributed by atoms with E-state index in [-0.39, 0.29) is 12.8 Å². The third kappa shape index (κ3) is 3.52. The van der Waals surface area contributed by atoms with Crippen molar-refractivity contribution in [3.05, 3.63) is 42.5 Å². The van der Waals surface area contributed by atoms with Crippen LogP contribution in [0.3, 0.4) is 0 Å². The Hall–Kier alpha value is -2.93. The minimum absolute atomic E-state index is 0.208. The van der Waals surface area contributed by atoms with E-state index in [1.807, 2.05) is 24.3 Å². The van der Waals surface area contributed by atoms with Crippen LogP contribution in [0.5, 0.6) is 11.5 Å². The molecule has 0 aromatic heterocycles. The number of carbonyl (C=O) groups is 1. The number of urea groups is 1. The van der Waals surface area contributed by atoms with Gasteiger partial charge >= 0.3 is 6.03 Å². The van der Waals surface area contributed by atoms with Gasteiger partial charge in [0.15, 0.2) is 11.5 Å². The number of hydrogen-bond donors (Lipinski definition) is 2. The minimum Gasteiger partial charge on any atom is -0.454 e. The summed E-state index contributed by atoms with van der Waals surface area (Å²) in [6.45, 7) is 2.09. The molecule has 0 radical (unpaired) electrons. The van der Waals surface area contributed by atoms with Crippen molar-refractivity contribution in [2.24, 2.45) is 0 Å². The Bertz CT molecular complexity index is 794. The molecule has 136 valence electrons. The van der Waals surface area contributed by atoms with Gasteiger partial charge in [-0.05, 0) is 42.8 Å². The zero-order chi connectivity index (χ0) is 17.9. The van der Waals surface area contributed by atoms with E-state index in [1.54, 1.807) is 25.3 Å². The standard InChI is InChI=1S/C19H21N3O4/c1-24-16-8-9-22(11-16)15-5-2-13(3-6-15)20-19(23)21-14-4-7-17-18(10-14)26-12-25-17/h2-7,10,16H,8-9,11-12H2,1H3,(H2,20,21,23). The van der Waals surface area contributed by atoms with Gasteiger partial charge in [0.1, 0.15) is 0 Å². The monoisotopic (exact) mass is 355 g/mol. The maximum Gasteiger partial charge on any atom is 0.323 e. The molecule has 1 atom stereocenters. The van der Waals surface area contributed by atoms with Gasteiger partial charge in [-0.15, -0.1) is 0 Å². The van der Waals surface area contributed by atoms with Gasteiger partial charge in [0.2, 0.25) is 6.79 Å². The number of hydrogen-bond acceptors (Lipinski definition) is 5. The molecule has 2 aromatic carbocycles. The van der Waals surface area contributed by atoms with Crippen LogP contribution in [0.1, 0.15) is 6.42 Å². The summed E-state index contributed by atoms with van der Waals surface area (Å²) < 4.78 is 16.0. The van der Waals surface area contributed by atoms with Crippen LogP contribution in [0.15, 0.2) is 42.5 Å². The maximum atomic E-state index is 12.2. The van der Waals surface area contributed by atoms with Gasteiger partial charge < -0.3 is 29.7 Å². The lowest BCUT2D eigenvalue weighted by atomic mass is 10.2. The van der Waals surface area contributed by atoms with Crippen molar-refractivity contribution in [1.29, 1.82) is 0 Å². The molecule has 2 heterocycles. The molecule has 0 saturated carbocycles. The molecule has 7 nitrogen and oxygen atoms in total. The third-order valence-electron chi connectivity index (χ3n) is 4.60. The number of ether oxygens (including phenoxy) is 3. The second-order valence-electron chi connectivity index (χ2n) is 6.29. The van der Waals surface area contributed by atoms with Gasteiger partial charge in [0.05, 0.1) is 6.10 Å². The van der Waals surface area contributed by atoms with E-state index < -0.39 is 0 Å². The Morgan fingerprint density at radius 1 is 1.08 bits per heavy atom. The molecule has 4 rings (SSSR count). The van der Waals surface area contributed by atoms with Crippen molar-refractivity contribution in [2.75, 3.05) is 42.5 Å². The molecule has 1 fully saturated rings. The number of benzene rings is 2. The van der Waals surface area contributed by atoms with Crippen molar-refractivity contribution in [1.82, 2.24) is 0 Å². The van der Waals surface area contributed by atoms with Gasteiger partial charge in [-0.1, -0.05) is 0 Å². The van der Waals surface area contributed by atoms with E-state index in [4.69, 9.17) is 14.2 Å². The van der Waals surface area contributed by atoms with Crippen LogP contribution in [0.2, 0.25) is 0 Å². The fourth-order valence-electron chi connectivity index (χ4n) is 3.18. The second kappa shape index (κ2) is 7.13. The summed E-state index contributed by atoms with van der Waals surface area (Å²) in [5, 5.41) is 5.62. The predicted molar refractivity (Wildman–Crippen MR) is 99.3 cm³/mol. The molecule has 2 amide bonds. The van der Waals surface area contributed by atoms with E-state index in [1.165, 1.54) is 0 Å². The molecule has 1 unspecified atom stereocenters. The van der Waals surface area contributed by atoms with Crippen molar-refractivity contribution >= 4 is 23.1 Å². The summed E-state index contributed by atoms with van der Waals surface area (Å²) >= 11 is 0. The molecule has 2 aliphatic rings. The quantitative estimate of drug-likeness (QED) is 0.881. The number of fused-ring (bicyclic) bond motifs is 1. The highest BCUT2D eigenvalue weighted by Gasteiger charge is 2.22. The van der Waals surface area contributed by atoms with Crippen LogP contribution in [0, 0.1) is 0 Å². The van der Waals surface area contributed by atoms with Crippen molar-refractivity contribution in [2.45, 2.75) is 12.5 Å². The Balaban J connectivity index is 1.34. The minimum atomic E-state index is -0.308. The van der Waals surface area contributed by atoms with E-state index >= 15 is 0 Å². The van der Waals surface area contributed by atoms with E-state index in [2.05, 4.69) is 15.5 Å². The summed E-state index contributed by atoms with van der Waals surface area (Å²) in [7, 11) is 1.75. The van der Waals surface area contributed by atoms with Crippen molar-refractivity contribution in [3.63, 3.8) is 0 Å². The zero-order valence-electron chi connectivity index (χ0n) is 14.5. The van der Waals surface area contributed by atoms with Crippen LogP contribution >= 0.6 is 0 Å². The van der Waals surface area contributed by atoms with Gasteiger partial charge in [-0.25, -0.2) is 4.79 Å². The first-order valence-corrected chi connectivity index (χ1v) is 8.57. The Morgan fingerprint density at radius 3 is 2.58 bits per heavy atom. The number of nitrogens with zero attached hydrogens (tertiary/aromatic N) is 1. The molecule has 7 heteroatoms. The first kappa shape index (κ1) is 16.5. The molecule has 0 bridgehead atoms. The topological polar surface area (TPSA) is 72.1 Å². The number of methoxy groups -OCH3 is 1. The molecule has 2 N–H and O–H groups in total. The summed E-state index contributed by atoms with van der Waals surface area (Å²) in [6.07, 6.45) is 1.33. The normalized spacial score (nSPS) is 18.0. The van der Waals surface area contributed by atoms with Crippen molar-refractivity contribution in [3.8, 4) is 11.5 Å². The summed E-state index contributed by atoms with van der Waals surface area (Å²) in [6, 6.07) is 12.8. The van der Waals surface area contributed by atoms with Crippen LogP contribution in [0.4, 0.5) is 21.9 Å². The smallest absolute Gasteiger partial charge is 0.323 e.